The van der Waals surface area contributed by atoms with E-state index in [9.17, 15) is 4.79 Å². The Hall–Kier alpha value is -0.870. The highest BCUT2D eigenvalue weighted by Gasteiger charge is 2.42. The topological polar surface area (TPSA) is 44.8 Å². The third kappa shape index (κ3) is 2.06. The van der Waals surface area contributed by atoms with Crippen molar-refractivity contribution < 1.29 is 19.0 Å². The molecule has 0 bridgehead atoms. The summed E-state index contributed by atoms with van der Waals surface area (Å²) in [5.41, 5.74) is 0. The molecule has 0 N–H and O–H groups in total. The van der Waals surface area contributed by atoms with Gasteiger partial charge in [-0.2, -0.15) is 0 Å². The van der Waals surface area contributed by atoms with Gasteiger partial charge in [0.1, 0.15) is 0 Å². The maximum Gasteiger partial charge on any atom is 0.306 e. The number of methoxy groups -OCH3 is 2. The summed E-state index contributed by atoms with van der Waals surface area (Å²) >= 11 is 0. The second kappa shape index (κ2) is 4.33. The monoisotopic (exact) mass is 212 g/mol. The van der Waals surface area contributed by atoms with Gasteiger partial charge in [-0.05, 0) is 5.92 Å². The predicted octanol–water partition coefficient (Wildman–Crippen LogP) is 1.11. The Bertz CT molecular complexity index is 274. The molecular weight excluding hydrogens is 196 g/mol. The lowest BCUT2D eigenvalue weighted by molar-refractivity contribution is -0.141. The molecule has 0 spiro atoms. The molecule has 4 heteroatoms. The summed E-state index contributed by atoms with van der Waals surface area (Å²) in [6, 6.07) is 0. The Morgan fingerprint density at radius 1 is 1.47 bits per heavy atom. The molecule has 3 unspecified atom stereocenters. The number of fused-ring (bicyclic) bond motifs is 1. The van der Waals surface area contributed by atoms with Crippen molar-refractivity contribution >= 4 is 5.97 Å². The van der Waals surface area contributed by atoms with Crippen LogP contribution < -0.4 is 0 Å². The van der Waals surface area contributed by atoms with Gasteiger partial charge in [0, 0.05) is 19.4 Å². The first-order valence-electron chi connectivity index (χ1n) is 5.18. The van der Waals surface area contributed by atoms with Gasteiger partial charge in [-0.1, -0.05) is 12.2 Å². The maximum absolute atomic E-state index is 11.2. The molecular formula is C11H16O4. The third-order valence-electron chi connectivity index (χ3n) is 3.19. The van der Waals surface area contributed by atoms with Gasteiger partial charge < -0.3 is 14.2 Å². The first kappa shape index (κ1) is 10.6. The van der Waals surface area contributed by atoms with E-state index in [4.69, 9.17) is 9.47 Å². The minimum absolute atomic E-state index is 0.115. The molecule has 0 aromatic heterocycles. The van der Waals surface area contributed by atoms with Crippen molar-refractivity contribution in [3.05, 3.63) is 12.2 Å². The summed E-state index contributed by atoms with van der Waals surface area (Å²) < 4.78 is 15.4. The van der Waals surface area contributed by atoms with Crippen LogP contribution in [-0.4, -0.2) is 32.6 Å². The molecule has 0 aromatic carbocycles. The van der Waals surface area contributed by atoms with Gasteiger partial charge in [-0.15, -0.1) is 0 Å². The van der Waals surface area contributed by atoms with E-state index in [1.807, 2.05) is 6.08 Å². The predicted molar refractivity (Wildman–Crippen MR) is 53.0 cm³/mol. The lowest BCUT2D eigenvalue weighted by atomic mass is 9.90. The Labute approximate surface area is 89.2 Å². The van der Waals surface area contributed by atoms with Crippen LogP contribution in [0.1, 0.15) is 12.8 Å². The zero-order valence-corrected chi connectivity index (χ0v) is 9.01. The molecule has 0 aromatic rings. The Kier molecular flexibility index (Phi) is 3.07. The highest BCUT2D eigenvalue weighted by molar-refractivity contribution is 5.70. The molecule has 1 fully saturated rings. The largest absolute Gasteiger partial charge is 0.469 e. The van der Waals surface area contributed by atoms with Gasteiger partial charge in [0.25, 0.3) is 0 Å². The van der Waals surface area contributed by atoms with E-state index in [1.165, 1.54) is 7.11 Å². The van der Waals surface area contributed by atoms with E-state index in [1.54, 1.807) is 7.11 Å². The first-order valence-corrected chi connectivity index (χ1v) is 5.18. The van der Waals surface area contributed by atoms with Crippen LogP contribution in [0.4, 0.5) is 0 Å². The smallest absolute Gasteiger partial charge is 0.306 e. The number of ether oxygens (including phenoxy) is 3. The minimum Gasteiger partial charge on any atom is -0.469 e. The SMILES string of the molecule is COC(=O)CC1C=CC2O[C@@H](OC)CC12. The van der Waals surface area contributed by atoms with E-state index in [0.29, 0.717) is 12.3 Å². The number of hydrogen-bond donors (Lipinski definition) is 0. The quantitative estimate of drug-likeness (QED) is 0.519. The summed E-state index contributed by atoms with van der Waals surface area (Å²) in [7, 11) is 3.06. The number of carbonyl (C=O) groups is 1. The van der Waals surface area contributed by atoms with Gasteiger partial charge in [-0.3, -0.25) is 4.79 Å². The fourth-order valence-electron chi connectivity index (χ4n) is 2.34. The molecule has 0 radical (unpaired) electrons. The second-order valence-electron chi connectivity index (χ2n) is 3.99. The zero-order chi connectivity index (χ0) is 10.8. The van der Waals surface area contributed by atoms with Crippen LogP contribution in [0.25, 0.3) is 0 Å². The summed E-state index contributed by atoms with van der Waals surface area (Å²) in [6.45, 7) is 0. The van der Waals surface area contributed by atoms with Gasteiger partial charge in [0.2, 0.25) is 0 Å². The zero-order valence-electron chi connectivity index (χ0n) is 9.01. The average molecular weight is 212 g/mol. The van der Waals surface area contributed by atoms with Crippen molar-refractivity contribution in [1.82, 2.24) is 0 Å². The maximum atomic E-state index is 11.2. The molecule has 84 valence electrons. The molecule has 4 nitrogen and oxygen atoms in total. The summed E-state index contributed by atoms with van der Waals surface area (Å²) in [5.74, 6) is 0.447. The second-order valence-corrected chi connectivity index (χ2v) is 3.99. The van der Waals surface area contributed by atoms with Crippen LogP contribution in [0.5, 0.6) is 0 Å². The first-order chi connectivity index (χ1) is 7.24. The van der Waals surface area contributed by atoms with Crippen LogP contribution in [0.2, 0.25) is 0 Å². The Morgan fingerprint density at radius 2 is 2.27 bits per heavy atom. The van der Waals surface area contributed by atoms with E-state index in [0.717, 1.165) is 6.42 Å². The standard InChI is InChI=1S/C11H16O4/c1-13-10(12)5-7-3-4-9-8(7)6-11(14-2)15-9/h3-4,7-9,11H,5-6H2,1-2H3/t7?,8?,9?,11-/m1/s1. The van der Waals surface area contributed by atoms with Crippen molar-refractivity contribution in [1.29, 1.82) is 0 Å². The molecule has 0 amide bonds. The molecule has 1 aliphatic heterocycles. The van der Waals surface area contributed by atoms with E-state index < -0.39 is 0 Å². The lowest BCUT2D eigenvalue weighted by Crippen LogP contribution is -2.18. The van der Waals surface area contributed by atoms with Crippen LogP contribution in [0, 0.1) is 11.8 Å². The number of rotatable bonds is 3. The molecule has 1 saturated heterocycles. The molecule has 2 rings (SSSR count). The molecule has 15 heavy (non-hydrogen) atoms. The molecule has 2 aliphatic rings. The fourth-order valence-corrected chi connectivity index (χ4v) is 2.34. The van der Waals surface area contributed by atoms with Crippen LogP contribution >= 0.6 is 0 Å². The minimum atomic E-state index is -0.161. The number of esters is 1. The molecule has 1 heterocycles. The van der Waals surface area contributed by atoms with Crippen molar-refractivity contribution in [2.75, 3.05) is 14.2 Å². The highest BCUT2D eigenvalue weighted by atomic mass is 16.7. The van der Waals surface area contributed by atoms with Crippen LogP contribution in [-0.2, 0) is 19.0 Å². The number of allylic oxidation sites excluding steroid dienone is 1. The summed E-state index contributed by atoms with van der Waals surface area (Å²) in [4.78, 5) is 11.2. The average Bonchev–Trinajstić information content (AvgIpc) is 2.79. The van der Waals surface area contributed by atoms with E-state index >= 15 is 0 Å². The fraction of sp³-hybridized carbons (Fsp3) is 0.727. The summed E-state index contributed by atoms with van der Waals surface area (Å²) in [6.07, 6.45) is 5.37. The lowest BCUT2D eigenvalue weighted by Gasteiger charge is -2.15. The van der Waals surface area contributed by atoms with Crippen molar-refractivity contribution in [2.45, 2.75) is 25.2 Å². The normalized spacial score (nSPS) is 38.0. The van der Waals surface area contributed by atoms with Crippen molar-refractivity contribution in [3.63, 3.8) is 0 Å². The highest BCUT2D eigenvalue weighted by Crippen LogP contribution is 2.40. The van der Waals surface area contributed by atoms with Crippen LogP contribution in [0.3, 0.4) is 0 Å². The Morgan fingerprint density at radius 3 is 2.93 bits per heavy atom. The van der Waals surface area contributed by atoms with Crippen LogP contribution in [0.15, 0.2) is 12.2 Å². The van der Waals surface area contributed by atoms with Gasteiger partial charge in [-0.25, -0.2) is 0 Å². The molecule has 1 aliphatic carbocycles. The van der Waals surface area contributed by atoms with Gasteiger partial charge in [0.15, 0.2) is 6.29 Å². The molecule has 4 atom stereocenters. The number of carbonyl (C=O) groups excluding carboxylic acids is 1. The molecule has 0 saturated carbocycles. The van der Waals surface area contributed by atoms with Gasteiger partial charge in [0.05, 0.1) is 19.6 Å². The van der Waals surface area contributed by atoms with Crippen molar-refractivity contribution in [2.24, 2.45) is 11.8 Å². The van der Waals surface area contributed by atoms with Crippen molar-refractivity contribution in [3.8, 4) is 0 Å². The third-order valence-corrected chi connectivity index (χ3v) is 3.19. The Balaban J connectivity index is 1.94. The van der Waals surface area contributed by atoms with E-state index in [-0.39, 0.29) is 24.3 Å². The summed E-state index contributed by atoms with van der Waals surface area (Å²) in [5, 5.41) is 0. The van der Waals surface area contributed by atoms with Gasteiger partial charge >= 0.3 is 5.97 Å². The van der Waals surface area contributed by atoms with E-state index in [2.05, 4.69) is 10.8 Å². The number of hydrogen-bond acceptors (Lipinski definition) is 4.